The lowest BCUT2D eigenvalue weighted by Crippen LogP contribution is -2.12. The first kappa shape index (κ1) is 15.9. The number of rotatable bonds is 6. The third kappa shape index (κ3) is 5.12. The smallest absolute Gasteiger partial charge is 0.387 e. The van der Waals surface area contributed by atoms with Crippen molar-refractivity contribution in [3.05, 3.63) is 59.9 Å². The van der Waals surface area contributed by atoms with E-state index in [2.05, 4.69) is 10.1 Å². The van der Waals surface area contributed by atoms with E-state index >= 15 is 0 Å². The van der Waals surface area contributed by atoms with Crippen LogP contribution >= 0.6 is 0 Å². The number of alkyl halides is 2. The molecule has 2 aromatic carbocycles. The van der Waals surface area contributed by atoms with Gasteiger partial charge in [-0.1, -0.05) is 12.1 Å². The molecule has 0 saturated heterocycles. The number of aryl methyl sites for hydroxylation is 1. The largest absolute Gasteiger partial charge is 0.435 e. The van der Waals surface area contributed by atoms with E-state index in [9.17, 15) is 18.0 Å². The molecular weight excluding hydrogens is 295 g/mol. The van der Waals surface area contributed by atoms with Gasteiger partial charge in [-0.15, -0.1) is 0 Å². The van der Waals surface area contributed by atoms with E-state index in [0.29, 0.717) is 12.1 Å². The summed E-state index contributed by atoms with van der Waals surface area (Å²) in [5, 5.41) is 2.65. The van der Waals surface area contributed by atoms with Crippen LogP contribution in [0.15, 0.2) is 48.5 Å². The minimum absolute atomic E-state index is 0.0271. The maximum absolute atomic E-state index is 12.7. The van der Waals surface area contributed by atoms with Gasteiger partial charge in [-0.05, 0) is 48.4 Å². The van der Waals surface area contributed by atoms with Crippen LogP contribution in [0.25, 0.3) is 0 Å². The molecule has 0 unspecified atom stereocenters. The predicted molar refractivity (Wildman–Crippen MR) is 76.4 cm³/mol. The standard InChI is InChI=1S/C16H14F3NO2/c17-12-4-1-11(2-5-12)3-10-15(21)20-13-6-8-14(9-7-13)22-16(18)19/h1-2,4-9,16H,3,10H2,(H,20,21). The molecule has 22 heavy (non-hydrogen) atoms. The summed E-state index contributed by atoms with van der Waals surface area (Å²) in [6.07, 6.45) is 0.722. The molecule has 0 fully saturated rings. The number of hydrogen-bond acceptors (Lipinski definition) is 2. The molecule has 0 bridgehead atoms. The third-order valence-corrected chi connectivity index (χ3v) is 2.92. The second-order valence-electron chi connectivity index (χ2n) is 4.58. The predicted octanol–water partition coefficient (Wildman–Crippen LogP) is 4.00. The Labute approximate surface area is 125 Å². The van der Waals surface area contributed by atoms with Crippen molar-refractivity contribution >= 4 is 11.6 Å². The number of carbonyl (C=O) groups is 1. The first-order valence-corrected chi connectivity index (χ1v) is 6.62. The van der Waals surface area contributed by atoms with Crippen molar-refractivity contribution in [2.75, 3.05) is 5.32 Å². The molecule has 0 aliphatic carbocycles. The van der Waals surface area contributed by atoms with E-state index in [4.69, 9.17) is 0 Å². The zero-order valence-electron chi connectivity index (χ0n) is 11.6. The molecule has 1 amide bonds. The number of ether oxygens (including phenoxy) is 1. The van der Waals surface area contributed by atoms with Gasteiger partial charge in [-0.25, -0.2) is 4.39 Å². The van der Waals surface area contributed by atoms with E-state index in [1.807, 2.05) is 0 Å². The summed E-state index contributed by atoms with van der Waals surface area (Å²) in [5.41, 5.74) is 1.35. The summed E-state index contributed by atoms with van der Waals surface area (Å²) in [5.74, 6) is -0.509. The zero-order chi connectivity index (χ0) is 15.9. The third-order valence-electron chi connectivity index (χ3n) is 2.92. The van der Waals surface area contributed by atoms with Crippen LogP contribution in [-0.4, -0.2) is 12.5 Å². The summed E-state index contributed by atoms with van der Waals surface area (Å²) in [6, 6.07) is 11.6. The normalized spacial score (nSPS) is 10.5. The van der Waals surface area contributed by atoms with Gasteiger partial charge in [0.05, 0.1) is 0 Å². The minimum atomic E-state index is -2.88. The molecule has 0 aliphatic heterocycles. The quantitative estimate of drug-likeness (QED) is 0.876. The van der Waals surface area contributed by atoms with Gasteiger partial charge in [0.2, 0.25) is 5.91 Å². The summed E-state index contributed by atoms with van der Waals surface area (Å²) in [4.78, 5) is 11.8. The number of anilines is 1. The number of nitrogens with one attached hydrogen (secondary N) is 1. The van der Waals surface area contributed by atoms with Crippen LogP contribution in [0.4, 0.5) is 18.9 Å². The van der Waals surface area contributed by atoms with E-state index in [0.717, 1.165) is 5.56 Å². The Hall–Kier alpha value is -2.50. The second-order valence-corrected chi connectivity index (χ2v) is 4.58. The molecule has 0 atom stereocenters. The van der Waals surface area contributed by atoms with Gasteiger partial charge in [0, 0.05) is 12.1 Å². The highest BCUT2D eigenvalue weighted by molar-refractivity contribution is 5.90. The lowest BCUT2D eigenvalue weighted by atomic mass is 10.1. The lowest BCUT2D eigenvalue weighted by Gasteiger charge is -2.07. The molecule has 0 saturated carbocycles. The van der Waals surface area contributed by atoms with Crippen molar-refractivity contribution in [3.63, 3.8) is 0 Å². The average molecular weight is 309 g/mol. The Morgan fingerprint density at radius 2 is 1.68 bits per heavy atom. The lowest BCUT2D eigenvalue weighted by molar-refractivity contribution is -0.116. The fraction of sp³-hybridized carbons (Fsp3) is 0.188. The summed E-state index contributed by atoms with van der Waals surface area (Å²) in [7, 11) is 0. The van der Waals surface area contributed by atoms with E-state index in [-0.39, 0.29) is 23.9 Å². The molecule has 0 radical (unpaired) electrons. The van der Waals surface area contributed by atoms with Crippen molar-refractivity contribution < 1.29 is 22.7 Å². The minimum Gasteiger partial charge on any atom is -0.435 e. The first-order valence-electron chi connectivity index (χ1n) is 6.62. The number of amides is 1. The number of halogens is 3. The fourth-order valence-corrected chi connectivity index (χ4v) is 1.85. The van der Waals surface area contributed by atoms with Crippen molar-refractivity contribution in [2.24, 2.45) is 0 Å². The van der Waals surface area contributed by atoms with E-state index in [1.165, 1.54) is 36.4 Å². The van der Waals surface area contributed by atoms with Crippen LogP contribution in [0.3, 0.4) is 0 Å². The zero-order valence-corrected chi connectivity index (χ0v) is 11.6. The summed E-state index contributed by atoms with van der Waals surface area (Å²) in [6.45, 7) is -2.88. The maximum atomic E-state index is 12.7. The van der Waals surface area contributed by atoms with Crippen LogP contribution in [0.2, 0.25) is 0 Å². The van der Waals surface area contributed by atoms with Crippen LogP contribution < -0.4 is 10.1 Å². The molecule has 0 spiro atoms. The fourth-order valence-electron chi connectivity index (χ4n) is 1.85. The van der Waals surface area contributed by atoms with Crippen LogP contribution in [0.1, 0.15) is 12.0 Å². The van der Waals surface area contributed by atoms with Gasteiger partial charge in [-0.2, -0.15) is 8.78 Å². The van der Waals surface area contributed by atoms with Crippen LogP contribution in [0.5, 0.6) is 5.75 Å². The highest BCUT2D eigenvalue weighted by Crippen LogP contribution is 2.18. The van der Waals surface area contributed by atoms with Gasteiger partial charge < -0.3 is 10.1 Å². The Morgan fingerprint density at radius 1 is 1.05 bits per heavy atom. The number of benzene rings is 2. The highest BCUT2D eigenvalue weighted by Gasteiger charge is 2.06. The SMILES string of the molecule is O=C(CCc1ccc(F)cc1)Nc1ccc(OC(F)F)cc1. The molecular formula is C16H14F3NO2. The van der Waals surface area contributed by atoms with Crippen LogP contribution in [0, 0.1) is 5.82 Å². The molecule has 0 heterocycles. The average Bonchev–Trinajstić information content (AvgIpc) is 2.48. The van der Waals surface area contributed by atoms with Gasteiger partial charge in [0.1, 0.15) is 11.6 Å². The van der Waals surface area contributed by atoms with Gasteiger partial charge in [-0.3, -0.25) is 4.79 Å². The molecule has 2 aromatic rings. The van der Waals surface area contributed by atoms with E-state index < -0.39 is 6.61 Å². The topological polar surface area (TPSA) is 38.3 Å². The van der Waals surface area contributed by atoms with Crippen LogP contribution in [-0.2, 0) is 11.2 Å². The molecule has 0 aliphatic rings. The van der Waals surface area contributed by atoms with Gasteiger partial charge in [0.15, 0.2) is 0 Å². The number of carbonyl (C=O) groups excluding carboxylic acids is 1. The molecule has 116 valence electrons. The number of hydrogen-bond donors (Lipinski definition) is 1. The molecule has 6 heteroatoms. The molecule has 2 rings (SSSR count). The van der Waals surface area contributed by atoms with Crippen molar-refractivity contribution in [1.82, 2.24) is 0 Å². The Balaban J connectivity index is 1.82. The molecule has 1 N–H and O–H groups in total. The van der Waals surface area contributed by atoms with Crippen molar-refractivity contribution in [1.29, 1.82) is 0 Å². The molecule has 3 nitrogen and oxygen atoms in total. The second kappa shape index (κ2) is 7.49. The Kier molecular flexibility index (Phi) is 5.41. The monoisotopic (exact) mass is 309 g/mol. The summed E-state index contributed by atoms with van der Waals surface area (Å²) < 4.78 is 41.0. The van der Waals surface area contributed by atoms with E-state index in [1.54, 1.807) is 12.1 Å². The highest BCUT2D eigenvalue weighted by atomic mass is 19.3. The Bertz CT molecular complexity index is 612. The Morgan fingerprint density at radius 3 is 2.27 bits per heavy atom. The van der Waals surface area contributed by atoms with Gasteiger partial charge in [0.25, 0.3) is 0 Å². The van der Waals surface area contributed by atoms with Crippen molar-refractivity contribution in [2.45, 2.75) is 19.5 Å². The first-order chi connectivity index (χ1) is 10.5. The molecule has 0 aromatic heterocycles. The summed E-state index contributed by atoms with van der Waals surface area (Å²) >= 11 is 0. The van der Waals surface area contributed by atoms with Crippen molar-refractivity contribution in [3.8, 4) is 5.75 Å². The van der Waals surface area contributed by atoms with Gasteiger partial charge >= 0.3 is 6.61 Å². The maximum Gasteiger partial charge on any atom is 0.387 e.